The second-order valence-electron chi connectivity index (χ2n) is 2.92. The van der Waals surface area contributed by atoms with Gasteiger partial charge in [-0.3, -0.25) is 0 Å². The Balaban J connectivity index is 2.40. The number of carbonyl (C=O) groups is 1. The highest BCUT2D eigenvalue weighted by Crippen LogP contribution is 2.14. The van der Waals surface area contributed by atoms with Crippen LogP contribution in [0, 0.1) is 0 Å². The van der Waals surface area contributed by atoms with Gasteiger partial charge in [0, 0.05) is 11.4 Å². The van der Waals surface area contributed by atoms with E-state index in [-0.39, 0.29) is 6.09 Å². The zero-order chi connectivity index (χ0) is 11.1. The third-order valence-electron chi connectivity index (χ3n) is 1.87. The Morgan fingerprint density at radius 2 is 2.07 bits per heavy atom. The average Bonchev–Trinajstić information content (AvgIpc) is 2.27. The summed E-state index contributed by atoms with van der Waals surface area (Å²) in [4.78, 5) is 12.2. The van der Waals surface area contributed by atoms with Crippen LogP contribution in [-0.4, -0.2) is 19.0 Å². The molecule has 0 heterocycles. The maximum Gasteiger partial charge on any atom is 0.407 e. The molecular weight excluding hydrogens is 210 g/mol. The Labute approximate surface area is 94.2 Å². The van der Waals surface area contributed by atoms with Crippen molar-refractivity contribution in [1.29, 1.82) is 0 Å². The molecule has 1 amide bonds. The Bertz CT molecular complexity index is 311. The number of benzene rings is 1. The molecule has 0 aromatic heterocycles. The van der Waals surface area contributed by atoms with E-state index in [0.29, 0.717) is 13.2 Å². The molecule has 1 rings (SSSR count). The number of rotatable bonds is 4. The van der Waals surface area contributed by atoms with E-state index in [1.165, 1.54) is 4.90 Å². The lowest BCUT2D eigenvalue weighted by Crippen LogP contribution is -2.23. The lowest BCUT2D eigenvalue weighted by Gasteiger charge is -2.05. The van der Waals surface area contributed by atoms with Gasteiger partial charge in [-0.05, 0) is 30.9 Å². The van der Waals surface area contributed by atoms with Gasteiger partial charge in [0.1, 0.15) is 0 Å². The van der Waals surface area contributed by atoms with Gasteiger partial charge < -0.3 is 10.1 Å². The molecule has 0 radical (unpaired) electrons. The van der Waals surface area contributed by atoms with Gasteiger partial charge in [0.05, 0.1) is 6.61 Å². The first-order chi connectivity index (χ1) is 7.26. The molecule has 0 atom stereocenters. The van der Waals surface area contributed by atoms with Crippen LogP contribution in [0.1, 0.15) is 12.5 Å². The number of nitrogens with one attached hydrogen (secondary N) is 1. The Morgan fingerprint density at radius 3 is 2.60 bits per heavy atom. The number of hydrogen-bond donors (Lipinski definition) is 1. The summed E-state index contributed by atoms with van der Waals surface area (Å²) in [5.41, 5.74) is 1.07. The molecule has 15 heavy (non-hydrogen) atoms. The normalized spacial score (nSPS) is 9.73. The van der Waals surface area contributed by atoms with Crippen molar-refractivity contribution < 1.29 is 9.53 Å². The van der Waals surface area contributed by atoms with Crippen molar-refractivity contribution in [2.45, 2.75) is 18.4 Å². The number of ether oxygens (including phenoxy) is 1. The summed E-state index contributed by atoms with van der Waals surface area (Å²) >= 11 is 1.70. The van der Waals surface area contributed by atoms with E-state index >= 15 is 0 Å². The Kier molecular flexibility index (Phi) is 5.04. The summed E-state index contributed by atoms with van der Waals surface area (Å²) in [5, 5.41) is 2.67. The minimum Gasteiger partial charge on any atom is -0.450 e. The van der Waals surface area contributed by atoms with Gasteiger partial charge >= 0.3 is 6.09 Å². The molecule has 0 saturated heterocycles. The van der Waals surface area contributed by atoms with Crippen LogP contribution in [0.25, 0.3) is 0 Å². The highest BCUT2D eigenvalue weighted by atomic mass is 32.2. The first-order valence-corrected chi connectivity index (χ1v) is 6.02. The summed E-state index contributed by atoms with van der Waals surface area (Å²) in [6.07, 6.45) is 1.66. The maximum absolute atomic E-state index is 11.0. The van der Waals surface area contributed by atoms with Crippen LogP contribution in [0.3, 0.4) is 0 Å². The van der Waals surface area contributed by atoms with Gasteiger partial charge in [-0.25, -0.2) is 4.79 Å². The van der Waals surface area contributed by atoms with Gasteiger partial charge in [0.15, 0.2) is 0 Å². The molecule has 0 fully saturated rings. The van der Waals surface area contributed by atoms with Crippen molar-refractivity contribution in [3.8, 4) is 0 Å². The smallest absolute Gasteiger partial charge is 0.407 e. The second-order valence-corrected chi connectivity index (χ2v) is 3.80. The monoisotopic (exact) mass is 225 g/mol. The van der Waals surface area contributed by atoms with E-state index < -0.39 is 0 Å². The fourth-order valence-electron chi connectivity index (χ4n) is 1.10. The van der Waals surface area contributed by atoms with Crippen molar-refractivity contribution in [3.63, 3.8) is 0 Å². The van der Waals surface area contributed by atoms with Crippen LogP contribution in [0.4, 0.5) is 4.79 Å². The molecule has 1 aromatic carbocycles. The molecule has 0 bridgehead atoms. The van der Waals surface area contributed by atoms with Crippen LogP contribution < -0.4 is 5.32 Å². The molecule has 82 valence electrons. The lowest BCUT2D eigenvalue weighted by molar-refractivity contribution is 0.151. The van der Waals surface area contributed by atoms with Gasteiger partial charge in [-0.1, -0.05) is 12.1 Å². The first-order valence-electron chi connectivity index (χ1n) is 4.79. The predicted molar refractivity (Wildman–Crippen MR) is 62.1 cm³/mol. The summed E-state index contributed by atoms with van der Waals surface area (Å²) in [5.74, 6) is 0. The van der Waals surface area contributed by atoms with Crippen molar-refractivity contribution in [3.05, 3.63) is 29.8 Å². The summed E-state index contributed by atoms with van der Waals surface area (Å²) in [7, 11) is 0. The standard InChI is InChI=1S/C11H15NO2S/c1-3-14-11(13)12-8-9-4-6-10(15-2)7-5-9/h4-7H,3,8H2,1-2H3,(H,12,13). The zero-order valence-corrected chi connectivity index (χ0v) is 9.76. The molecule has 0 saturated carbocycles. The quantitative estimate of drug-likeness (QED) is 0.801. The van der Waals surface area contributed by atoms with Crippen LogP contribution in [-0.2, 0) is 11.3 Å². The molecule has 1 aromatic rings. The summed E-state index contributed by atoms with van der Waals surface area (Å²) < 4.78 is 4.75. The number of hydrogen-bond acceptors (Lipinski definition) is 3. The fraction of sp³-hybridized carbons (Fsp3) is 0.364. The van der Waals surface area contributed by atoms with Gasteiger partial charge in [0.2, 0.25) is 0 Å². The van der Waals surface area contributed by atoms with Crippen LogP contribution in [0.5, 0.6) is 0 Å². The van der Waals surface area contributed by atoms with Crippen LogP contribution >= 0.6 is 11.8 Å². The third kappa shape index (κ3) is 4.25. The maximum atomic E-state index is 11.0. The van der Waals surface area contributed by atoms with Crippen molar-refractivity contribution >= 4 is 17.9 Å². The average molecular weight is 225 g/mol. The minimum atomic E-state index is -0.369. The van der Waals surface area contributed by atoms with Crippen molar-refractivity contribution in [2.24, 2.45) is 0 Å². The van der Waals surface area contributed by atoms with Gasteiger partial charge in [-0.15, -0.1) is 11.8 Å². The predicted octanol–water partition coefficient (Wildman–Crippen LogP) is 2.65. The molecule has 0 aliphatic carbocycles. The zero-order valence-electron chi connectivity index (χ0n) is 8.95. The molecule has 4 heteroatoms. The number of carbonyl (C=O) groups excluding carboxylic acids is 1. The lowest BCUT2D eigenvalue weighted by atomic mass is 10.2. The van der Waals surface area contributed by atoms with Crippen LogP contribution in [0.2, 0.25) is 0 Å². The second kappa shape index (κ2) is 6.35. The van der Waals surface area contributed by atoms with Crippen molar-refractivity contribution in [1.82, 2.24) is 5.32 Å². The van der Waals surface area contributed by atoms with Crippen LogP contribution in [0.15, 0.2) is 29.2 Å². The number of alkyl carbamates (subject to hydrolysis) is 1. The largest absolute Gasteiger partial charge is 0.450 e. The topological polar surface area (TPSA) is 38.3 Å². The fourth-order valence-corrected chi connectivity index (χ4v) is 1.51. The van der Waals surface area contributed by atoms with Crippen molar-refractivity contribution in [2.75, 3.05) is 12.9 Å². The van der Waals surface area contributed by atoms with E-state index in [1.807, 2.05) is 30.5 Å². The number of amides is 1. The Morgan fingerprint density at radius 1 is 1.40 bits per heavy atom. The first kappa shape index (κ1) is 11.9. The van der Waals surface area contributed by atoms with E-state index in [9.17, 15) is 4.79 Å². The third-order valence-corrected chi connectivity index (χ3v) is 2.61. The van der Waals surface area contributed by atoms with Gasteiger partial charge in [-0.2, -0.15) is 0 Å². The molecule has 0 unspecified atom stereocenters. The molecule has 0 spiro atoms. The summed E-state index contributed by atoms with van der Waals surface area (Å²) in [6, 6.07) is 8.07. The van der Waals surface area contributed by atoms with E-state index in [0.717, 1.165) is 5.56 Å². The van der Waals surface area contributed by atoms with E-state index in [4.69, 9.17) is 4.74 Å². The molecular formula is C11H15NO2S. The molecule has 0 aliphatic rings. The Hall–Kier alpha value is -1.16. The summed E-state index contributed by atoms with van der Waals surface area (Å²) in [6.45, 7) is 2.69. The molecule has 3 nitrogen and oxygen atoms in total. The molecule has 1 N–H and O–H groups in total. The van der Waals surface area contributed by atoms with Gasteiger partial charge in [0.25, 0.3) is 0 Å². The molecule has 0 aliphatic heterocycles. The highest BCUT2D eigenvalue weighted by Gasteiger charge is 1.99. The highest BCUT2D eigenvalue weighted by molar-refractivity contribution is 7.98. The van der Waals surface area contributed by atoms with E-state index in [1.54, 1.807) is 18.7 Å². The SMILES string of the molecule is CCOC(=O)NCc1ccc(SC)cc1. The van der Waals surface area contributed by atoms with E-state index in [2.05, 4.69) is 5.32 Å². The number of thioether (sulfide) groups is 1. The minimum absolute atomic E-state index is 0.369.